The van der Waals surface area contributed by atoms with Crippen LogP contribution < -0.4 is 5.32 Å². The lowest BCUT2D eigenvalue weighted by molar-refractivity contribution is 0.560. The van der Waals surface area contributed by atoms with E-state index >= 15 is 0 Å². The van der Waals surface area contributed by atoms with Crippen LogP contribution in [0.15, 0.2) is 54.6 Å². The van der Waals surface area contributed by atoms with Crippen molar-refractivity contribution < 1.29 is 0 Å². The molecule has 2 nitrogen and oxygen atoms in total. The largest absolute Gasteiger partial charge is 0.357 e. The van der Waals surface area contributed by atoms with E-state index < -0.39 is 0 Å². The normalized spacial score (nSPS) is 17.1. The van der Waals surface area contributed by atoms with Gasteiger partial charge in [0.15, 0.2) is 0 Å². The van der Waals surface area contributed by atoms with Crippen molar-refractivity contribution in [2.24, 2.45) is 0 Å². The zero-order valence-corrected chi connectivity index (χ0v) is 14.7. The maximum atomic E-state index is 3.73. The average molecular weight is 326 g/mol. The summed E-state index contributed by atoms with van der Waals surface area (Å²) in [6.45, 7) is 5.42. The van der Waals surface area contributed by atoms with Crippen LogP contribution in [0.1, 0.15) is 34.0 Å². The van der Waals surface area contributed by atoms with Gasteiger partial charge in [-0.1, -0.05) is 42.5 Å². The SMILES string of the molecule is Cc1cc(C)c2c3c([nH]c2c1)C(c1ccc2ccccc2c1)NCC3. The van der Waals surface area contributed by atoms with Gasteiger partial charge in [0.25, 0.3) is 0 Å². The van der Waals surface area contributed by atoms with E-state index in [4.69, 9.17) is 0 Å². The van der Waals surface area contributed by atoms with Gasteiger partial charge in [-0.05, 0) is 65.4 Å². The van der Waals surface area contributed by atoms with Crippen LogP contribution in [0.25, 0.3) is 21.7 Å². The Labute approximate surface area is 147 Å². The molecule has 1 atom stereocenters. The summed E-state index contributed by atoms with van der Waals surface area (Å²) >= 11 is 0. The van der Waals surface area contributed by atoms with Crippen LogP contribution >= 0.6 is 0 Å². The third-order valence-corrected chi connectivity index (χ3v) is 5.50. The van der Waals surface area contributed by atoms with Crippen LogP contribution in [0, 0.1) is 13.8 Å². The quantitative estimate of drug-likeness (QED) is 0.496. The van der Waals surface area contributed by atoms with Crippen LogP contribution in [-0.4, -0.2) is 11.5 Å². The molecule has 1 aromatic heterocycles. The molecule has 0 fully saturated rings. The molecule has 2 N–H and O–H groups in total. The second-order valence-corrected chi connectivity index (χ2v) is 7.27. The fraction of sp³-hybridized carbons (Fsp3) is 0.217. The summed E-state index contributed by atoms with van der Waals surface area (Å²) in [4.78, 5) is 3.73. The molecule has 0 spiro atoms. The number of benzene rings is 3. The van der Waals surface area contributed by atoms with Gasteiger partial charge in [-0.25, -0.2) is 0 Å². The predicted molar refractivity (Wildman–Crippen MR) is 105 cm³/mol. The molecule has 1 unspecified atom stereocenters. The van der Waals surface area contributed by atoms with Crippen molar-refractivity contribution in [3.63, 3.8) is 0 Å². The van der Waals surface area contributed by atoms with Gasteiger partial charge < -0.3 is 10.3 Å². The molecule has 0 bridgehead atoms. The summed E-state index contributed by atoms with van der Waals surface area (Å²) in [5.41, 5.74) is 8.14. The Morgan fingerprint density at radius 2 is 1.76 bits per heavy atom. The molecule has 0 amide bonds. The topological polar surface area (TPSA) is 27.8 Å². The van der Waals surface area contributed by atoms with E-state index in [-0.39, 0.29) is 6.04 Å². The highest BCUT2D eigenvalue weighted by Gasteiger charge is 2.26. The Hall–Kier alpha value is -2.58. The van der Waals surface area contributed by atoms with Gasteiger partial charge >= 0.3 is 0 Å². The fourth-order valence-electron chi connectivity index (χ4n) is 4.44. The molecule has 3 aromatic carbocycles. The minimum absolute atomic E-state index is 0.237. The van der Waals surface area contributed by atoms with E-state index in [0.29, 0.717) is 0 Å². The van der Waals surface area contributed by atoms with E-state index in [1.165, 1.54) is 49.6 Å². The molecule has 0 saturated carbocycles. The maximum Gasteiger partial charge on any atom is 0.0732 e. The van der Waals surface area contributed by atoms with Crippen LogP contribution in [0.4, 0.5) is 0 Å². The molecule has 0 radical (unpaired) electrons. The maximum absolute atomic E-state index is 3.73. The van der Waals surface area contributed by atoms with Crippen molar-refractivity contribution in [3.05, 3.63) is 82.5 Å². The summed E-state index contributed by atoms with van der Waals surface area (Å²) in [5, 5.41) is 7.74. The third kappa shape index (κ3) is 2.29. The molecular formula is C23H22N2. The fourth-order valence-corrected chi connectivity index (χ4v) is 4.44. The number of hydrogen-bond acceptors (Lipinski definition) is 1. The minimum atomic E-state index is 0.237. The van der Waals surface area contributed by atoms with Gasteiger partial charge in [0.2, 0.25) is 0 Å². The van der Waals surface area contributed by atoms with Gasteiger partial charge in [-0.2, -0.15) is 0 Å². The third-order valence-electron chi connectivity index (χ3n) is 5.50. The van der Waals surface area contributed by atoms with Crippen LogP contribution in [-0.2, 0) is 6.42 Å². The molecule has 5 rings (SSSR count). The number of aromatic nitrogens is 1. The molecule has 2 heteroatoms. The molecule has 2 heterocycles. The van der Waals surface area contributed by atoms with Crippen LogP contribution in [0.5, 0.6) is 0 Å². The Bertz CT molecular complexity index is 1100. The number of nitrogens with one attached hydrogen (secondary N) is 2. The average Bonchev–Trinajstić information content (AvgIpc) is 2.99. The molecular weight excluding hydrogens is 304 g/mol. The number of fused-ring (bicyclic) bond motifs is 4. The summed E-state index contributed by atoms with van der Waals surface area (Å²) in [6.07, 6.45) is 1.09. The molecule has 0 saturated heterocycles. The van der Waals surface area contributed by atoms with Crippen LogP contribution in [0.3, 0.4) is 0 Å². The van der Waals surface area contributed by atoms with Gasteiger partial charge in [0, 0.05) is 23.1 Å². The molecule has 25 heavy (non-hydrogen) atoms. The minimum Gasteiger partial charge on any atom is -0.357 e. The van der Waals surface area contributed by atoms with Crippen LogP contribution in [0.2, 0.25) is 0 Å². The number of hydrogen-bond donors (Lipinski definition) is 2. The lowest BCUT2D eigenvalue weighted by atomic mass is 9.92. The monoisotopic (exact) mass is 326 g/mol. The molecule has 1 aliphatic heterocycles. The highest BCUT2D eigenvalue weighted by atomic mass is 15.0. The smallest absolute Gasteiger partial charge is 0.0732 e. The van der Waals surface area contributed by atoms with E-state index in [2.05, 4.69) is 78.7 Å². The van der Waals surface area contributed by atoms with Crippen molar-refractivity contribution in [2.75, 3.05) is 6.54 Å². The van der Waals surface area contributed by atoms with Crippen molar-refractivity contribution in [1.82, 2.24) is 10.3 Å². The van der Waals surface area contributed by atoms with Crippen molar-refractivity contribution >= 4 is 21.7 Å². The van der Waals surface area contributed by atoms with Crippen molar-refractivity contribution in [1.29, 1.82) is 0 Å². The number of rotatable bonds is 1. The summed E-state index contributed by atoms with van der Waals surface area (Å²) in [7, 11) is 0. The number of aromatic amines is 1. The standard InChI is InChI=1S/C23H22N2/c1-14-11-15(2)21-19-9-10-24-22(23(19)25-20(21)12-14)18-8-7-16-5-3-4-6-17(16)13-18/h3-8,11-13,22,24-25H,9-10H2,1-2H3. The molecule has 4 aromatic rings. The Morgan fingerprint density at radius 3 is 2.64 bits per heavy atom. The first-order valence-electron chi connectivity index (χ1n) is 9.04. The number of H-pyrrole nitrogens is 1. The second kappa shape index (κ2) is 5.47. The summed E-state index contributed by atoms with van der Waals surface area (Å²) < 4.78 is 0. The van der Waals surface area contributed by atoms with E-state index in [0.717, 1.165) is 13.0 Å². The van der Waals surface area contributed by atoms with Gasteiger partial charge in [0.05, 0.1) is 6.04 Å². The lowest BCUT2D eigenvalue weighted by Gasteiger charge is -2.25. The van der Waals surface area contributed by atoms with Crippen molar-refractivity contribution in [2.45, 2.75) is 26.3 Å². The number of aryl methyl sites for hydroxylation is 2. The first-order chi connectivity index (χ1) is 12.2. The molecule has 0 aliphatic carbocycles. The first-order valence-corrected chi connectivity index (χ1v) is 9.04. The van der Waals surface area contributed by atoms with E-state index in [1.807, 2.05) is 0 Å². The summed E-state index contributed by atoms with van der Waals surface area (Å²) in [5.74, 6) is 0. The van der Waals surface area contributed by atoms with Gasteiger partial charge in [-0.15, -0.1) is 0 Å². The molecule has 1 aliphatic rings. The predicted octanol–water partition coefficient (Wildman–Crippen LogP) is 5.17. The van der Waals surface area contributed by atoms with Crippen molar-refractivity contribution in [3.8, 4) is 0 Å². The Balaban J connectivity index is 1.70. The van der Waals surface area contributed by atoms with E-state index in [9.17, 15) is 0 Å². The second-order valence-electron chi connectivity index (χ2n) is 7.27. The zero-order valence-electron chi connectivity index (χ0n) is 14.7. The highest BCUT2D eigenvalue weighted by molar-refractivity contribution is 5.89. The van der Waals surface area contributed by atoms with Gasteiger partial charge in [0.1, 0.15) is 0 Å². The summed E-state index contributed by atoms with van der Waals surface area (Å²) in [6, 6.07) is 20.2. The Kier molecular flexibility index (Phi) is 3.22. The first kappa shape index (κ1) is 14.7. The zero-order chi connectivity index (χ0) is 17.0. The van der Waals surface area contributed by atoms with Gasteiger partial charge in [-0.3, -0.25) is 0 Å². The molecule has 124 valence electrons. The lowest BCUT2D eigenvalue weighted by Crippen LogP contribution is -2.30. The Morgan fingerprint density at radius 1 is 0.920 bits per heavy atom. The highest BCUT2D eigenvalue weighted by Crippen LogP contribution is 2.36. The van der Waals surface area contributed by atoms with E-state index in [1.54, 1.807) is 0 Å².